The number of nitrogens with zero attached hydrogens (tertiary/aromatic N) is 2. The Morgan fingerprint density at radius 1 is 1.73 bits per heavy atom. The molecule has 0 radical (unpaired) electrons. The molecule has 0 fully saturated rings. The van der Waals surface area contributed by atoms with Crippen LogP contribution in [0, 0.1) is 0 Å². The zero-order valence-corrected chi connectivity index (χ0v) is 6.87. The molecule has 0 saturated carbocycles. The van der Waals surface area contributed by atoms with Crippen LogP contribution in [-0.4, -0.2) is 31.2 Å². The highest BCUT2D eigenvalue weighted by Gasteiger charge is 2.02. The van der Waals surface area contributed by atoms with Crippen molar-refractivity contribution in [1.29, 1.82) is 0 Å². The summed E-state index contributed by atoms with van der Waals surface area (Å²) in [5.74, 6) is 0. The molecule has 1 heterocycles. The highest BCUT2D eigenvalue weighted by molar-refractivity contribution is 5.92. The SMILES string of the molecule is CC(C)ON=C1CN=CNC1. The van der Waals surface area contributed by atoms with Gasteiger partial charge in [0.15, 0.2) is 0 Å². The van der Waals surface area contributed by atoms with Crippen molar-refractivity contribution < 1.29 is 4.84 Å². The van der Waals surface area contributed by atoms with E-state index in [-0.39, 0.29) is 6.10 Å². The number of hydrogen-bond acceptors (Lipinski definition) is 4. The van der Waals surface area contributed by atoms with Crippen molar-refractivity contribution in [3.63, 3.8) is 0 Å². The quantitative estimate of drug-likeness (QED) is 0.587. The Morgan fingerprint density at radius 2 is 2.55 bits per heavy atom. The fraction of sp³-hybridized carbons (Fsp3) is 0.714. The number of oxime groups is 1. The molecular formula is C7H13N3O. The van der Waals surface area contributed by atoms with Gasteiger partial charge in [0.05, 0.1) is 25.1 Å². The molecule has 0 spiro atoms. The van der Waals surface area contributed by atoms with Gasteiger partial charge in [0.1, 0.15) is 6.10 Å². The Balaban J connectivity index is 2.34. The Morgan fingerprint density at radius 3 is 3.09 bits per heavy atom. The van der Waals surface area contributed by atoms with Gasteiger partial charge in [-0.2, -0.15) is 0 Å². The topological polar surface area (TPSA) is 46.0 Å². The molecule has 1 rings (SSSR count). The third kappa shape index (κ3) is 3.02. The number of aliphatic imine (C=N–C) groups is 1. The molecule has 62 valence electrons. The van der Waals surface area contributed by atoms with Crippen molar-refractivity contribution in [3.8, 4) is 0 Å². The molecule has 0 unspecified atom stereocenters. The standard InChI is InChI=1S/C7H13N3O/c1-6(2)11-10-7-3-8-5-9-4-7/h5-6H,3-4H2,1-2H3,(H,8,9). The highest BCUT2D eigenvalue weighted by atomic mass is 16.6. The fourth-order valence-corrected chi connectivity index (χ4v) is 0.676. The fourth-order valence-electron chi connectivity index (χ4n) is 0.676. The largest absolute Gasteiger partial charge is 0.393 e. The van der Waals surface area contributed by atoms with Crippen LogP contribution in [0.4, 0.5) is 0 Å². The first-order chi connectivity index (χ1) is 5.29. The number of nitrogens with one attached hydrogen (secondary N) is 1. The van der Waals surface area contributed by atoms with Gasteiger partial charge in [0.2, 0.25) is 0 Å². The minimum absolute atomic E-state index is 0.147. The summed E-state index contributed by atoms with van der Waals surface area (Å²) in [5.41, 5.74) is 0.946. The zero-order chi connectivity index (χ0) is 8.10. The van der Waals surface area contributed by atoms with E-state index in [4.69, 9.17) is 4.84 Å². The predicted octanol–water partition coefficient (Wildman–Crippen LogP) is 0.399. The molecule has 4 nitrogen and oxygen atoms in total. The van der Waals surface area contributed by atoms with Gasteiger partial charge in [0.25, 0.3) is 0 Å². The second-order valence-corrected chi connectivity index (χ2v) is 2.66. The summed E-state index contributed by atoms with van der Waals surface area (Å²) in [5, 5.41) is 6.88. The normalized spacial score (nSPS) is 20.5. The molecule has 1 aliphatic rings. The van der Waals surface area contributed by atoms with E-state index in [1.165, 1.54) is 0 Å². The Hall–Kier alpha value is -1.06. The summed E-state index contributed by atoms with van der Waals surface area (Å²) >= 11 is 0. The number of hydrogen-bond donors (Lipinski definition) is 1. The van der Waals surface area contributed by atoms with Crippen LogP contribution in [0.25, 0.3) is 0 Å². The van der Waals surface area contributed by atoms with Crippen molar-refractivity contribution >= 4 is 12.1 Å². The van der Waals surface area contributed by atoms with Crippen LogP contribution in [0.2, 0.25) is 0 Å². The molecule has 0 bridgehead atoms. The van der Waals surface area contributed by atoms with E-state index >= 15 is 0 Å². The lowest BCUT2D eigenvalue weighted by atomic mass is 10.3. The van der Waals surface area contributed by atoms with Gasteiger partial charge in [-0.1, -0.05) is 5.16 Å². The van der Waals surface area contributed by atoms with Gasteiger partial charge in [-0.05, 0) is 13.8 Å². The van der Waals surface area contributed by atoms with Crippen molar-refractivity contribution in [3.05, 3.63) is 0 Å². The van der Waals surface area contributed by atoms with E-state index < -0.39 is 0 Å². The second kappa shape index (κ2) is 3.95. The number of rotatable bonds is 2. The van der Waals surface area contributed by atoms with Gasteiger partial charge in [-0.3, -0.25) is 4.99 Å². The van der Waals surface area contributed by atoms with Gasteiger partial charge in [-0.15, -0.1) is 0 Å². The smallest absolute Gasteiger partial charge is 0.122 e. The van der Waals surface area contributed by atoms with Gasteiger partial charge in [-0.25, -0.2) is 0 Å². The van der Waals surface area contributed by atoms with E-state index in [0.29, 0.717) is 6.54 Å². The maximum absolute atomic E-state index is 5.06. The molecular weight excluding hydrogens is 142 g/mol. The Kier molecular flexibility index (Phi) is 2.89. The van der Waals surface area contributed by atoms with E-state index in [1.54, 1.807) is 6.34 Å². The van der Waals surface area contributed by atoms with E-state index in [9.17, 15) is 0 Å². The Labute approximate surface area is 66.3 Å². The average Bonchev–Trinajstić information content (AvgIpc) is 2.03. The third-order valence-corrected chi connectivity index (χ3v) is 1.16. The molecule has 11 heavy (non-hydrogen) atoms. The van der Waals surface area contributed by atoms with Crippen molar-refractivity contribution in [2.75, 3.05) is 13.1 Å². The van der Waals surface area contributed by atoms with Crippen LogP contribution >= 0.6 is 0 Å². The molecule has 0 aromatic carbocycles. The minimum atomic E-state index is 0.147. The minimum Gasteiger partial charge on any atom is -0.393 e. The summed E-state index contributed by atoms with van der Waals surface area (Å²) in [7, 11) is 0. The van der Waals surface area contributed by atoms with E-state index in [0.717, 1.165) is 12.3 Å². The molecule has 0 aromatic rings. The summed E-state index contributed by atoms with van der Waals surface area (Å²) in [6.07, 6.45) is 1.84. The summed E-state index contributed by atoms with van der Waals surface area (Å²) in [6.45, 7) is 5.29. The zero-order valence-electron chi connectivity index (χ0n) is 6.87. The first-order valence-electron chi connectivity index (χ1n) is 3.72. The average molecular weight is 155 g/mol. The predicted molar refractivity (Wildman–Crippen MR) is 45.0 cm³/mol. The molecule has 0 saturated heterocycles. The molecule has 0 amide bonds. The van der Waals surface area contributed by atoms with Gasteiger partial charge >= 0.3 is 0 Å². The van der Waals surface area contributed by atoms with Crippen molar-refractivity contribution in [1.82, 2.24) is 5.32 Å². The molecule has 4 heteroatoms. The molecule has 1 N–H and O–H groups in total. The van der Waals surface area contributed by atoms with Crippen LogP contribution in [-0.2, 0) is 4.84 Å². The maximum atomic E-state index is 5.06. The summed E-state index contributed by atoms with van der Waals surface area (Å²) in [4.78, 5) is 9.04. The van der Waals surface area contributed by atoms with Gasteiger partial charge < -0.3 is 10.2 Å². The highest BCUT2D eigenvalue weighted by Crippen LogP contribution is 1.91. The lowest BCUT2D eigenvalue weighted by Crippen LogP contribution is -2.29. The summed E-state index contributed by atoms with van der Waals surface area (Å²) in [6, 6.07) is 0. The molecule has 0 atom stereocenters. The lowest BCUT2D eigenvalue weighted by molar-refractivity contribution is 0.0853. The van der Waals surface area contributed by atoms with Crippen LogP contribution < -0.4 is 5.32 Å². The lowest BCUT2D eigenvalue weighted by Gasteiger charge is -2.09. The van der Waals surface area contributed by atoms with Crippen LogP contribution in [0.15, 0.2) is 10.1 Å². The molecule has 0 aromatic heterocycles. The van der Waals surface area contributed by atoms with Crippen LogP contribution in [0.1, 0.15) is 13.8 Å². The van der Waals surface area contributed by atoms with Crippen LogP contribution in [0.5, 0.6) is 0 Å². The first kappa shape index (κ1) is 8.04. The van der Waals surface area contributed by atoms with Crippen molar-refractivity contribution in [2.45, 2.75) is 20.0 Å². The monoisotopic (exact) mass is 155 g/mol. The third-order valence-electron chi connectivity index (χ3n) is 1.16. The van der Waals surface area contributed by atoms with Gasteiger partial charge in [0, 0.05) is 0 Å². The van der Waals surface area contributed by atoms with Crippen molar-refractivity contribution in [2.24, 2.45) is 10.1 Å². The molecule has 0 aliphatic carbocycles. The maximum Gasteiger partial charge on any atom is 0.122 e. The Bertz CT molecular complexity index is 175. The first-order valence-corrected chi connectivity index (χ1v) is 3.72. The van der Waals surface area contributed by atoms with E-state index in [2.05, 4.69) is 15.5 Å². The molecule has 1 aliphatic heterocycles. The summed E-state index contributed by atoms with van der Waals surface area (Å²) < 4.78 is 0. The van der Waals surface area contributed by atoms with E-state index in [1.807, 2.05) is 13.8 Å². The van der Waals surface area contributed by atoms with Crippen LogP contribution in [0.3, 0.4) is 0 Å². The second-order valence-electron chi connectivity index (χ2n) is 2.66.